The Hall–Kier alpha value is -2.15. The van der Waals surface area contributed by atoms with Crippen LogP contribution < -0.4 is 10.6 Å². The number of carbonyl (C=O) groups is 1. The standard InChI is InChI=1S/C17H24N4O3/c1-12-9-14(11-20(12)15-5-6-15)19-17(22)18-8-7-13-3-2-4-16(10-13)21(23)24/h2-4,10,12,14-15H,5-9,11H2,1H3,(H2,18,19,22). The molecule has 2 amide bonds. The van der Waals surface area contributed by atoms with Crippen LogP contribution in [0, 0.1) is 10.1 Å². The molecular formula is C17H24N4O3. The van der Waals surface area contributed by atoms with Crippen molar-refractivity contribution in [2.24, 2.45) is 0 Å². The normalized spacial score (nSPS) is 23.9. The first kappa shape index (κ1) is 16.7. The van der Waals surface area contributed by atoms with Crippen LogP contribution in [0.5, 0.6) is 0 Å². The third kappa shape index (κ3) is 4.23. The lowest BCUT2D eigenvalue weighted by molar-refractivity contribution is -0.384. The number of carbonyl (C=O) groups excluding carboxylic acids is 1. The molecule has 2 N–H and O–H groups in total. The zero-order valence-electron chi connectivity index (χ0n) is 13.9. The number of nitrogens with zero attached hydrogens (tertiary/aromatic N) is 2. The molecule has 1 aliphatic heterocycles. The van der Waals surface area contributed by atoms with E-state index in [0.717, 1.165) is 24.6 Å². The molecule has 1 aromatic rings. The number of nitro groups is 1. The molecule has 0 spiro atoms. The Morgan fingerprint density at radius 1 is 1.42 bits per heavy atom. The summed E-state index contributed by atoms with van der Waals surface area (Å²) in [5.41, 5.74) is 0.927. The van der Waals surface area contributed by atoms with Gasteiger partial charge in [-0.2, -0.15) is 0 Å². The van der Waals surface area contributed by atoms with Crippen molar-refractivity contribution in [2.45, 2.75) is 50.7 Å². The number of nitro benzene ring substituents is 1. The molecule has 2 atom stereocenters. The van der Waals surface area contributed by atoms with E-state index in [4.69, 9.17) is 0 Å². The Bertz CT molecular complexity index is 618. The predicted molar refractivity (Wildman–Crippen MR) is 90.9 cm³/mol. The van der Waals surface area contributed by atoms with E-state index in [1.807, 2.05) is 6.07 Å². The van der Waals surface area contributed by atoms with Gasteiger partial charge in [-0.05, 0) is 38.2 Å². The highest BCUT2D eigenvalue weighted by atomic mass is 16.6. The zero-order valence-corrected chi connectivity index (χ0v) is 13.9. The van der Waals surface area contributed by atoms with E-state index < -0.39 is 4.92 Å². The molecule has 1 saturated heterocycles. The zero-order chi connectivity index (χ0) is 17.1. The summed E-state index contributed by atoms with van der Waals surface area (Å²) in [6.45, 7) is 3.62. The third-order valence-electron chi connectivity index (χ3n) is 4.79. The molecule has 0 radical (unpaired) electrons. The van der Waals surface area contributed by atoms with E-state index in [1.54, 1.807) is 12.1 Å². The van der Waals surface area contributed by atoms with Crippen LogP contribution in [0.1, 0.15) is 31.7 Å². The van der Waals surface area contributed by atoms with E-state index in [2.05, 4.69) is 22.5 Å². The van der Waals surface area contributed by atoms with Gasteiger partial charge in [-0.25, -0.2) is 4.79 Å². The highest BCUT2D eigenvalue weighted by molar-refractivity contribution is 5.74. The SMILES string of the molecule is CC1CC(NC(=O)NCCc2cccc([N+](=O)[O-])c2)CN1C1CC1. The highest BCUT2D eigenvalue weighted by Gasteiger charge is 2.39. The van der Waals surface area contributed by atoms with Crippen LogP contribution in [0.15, 0.2) is 24.3 Å². The first-order valence-electron chi connectivity index (χ1n) is 8.56. The lowest BCUT2D eigenvalue weighted by Gasteiger charge is -2.19. The topological polar surface area (TPSA) is 87.5 Å². The number of amides is 2. The third-order valence-corrected chi connectivity index (χ3v) is 4.79. The van der Waals surface area contributed by atoms with Gasteiger partial charge in [-0.1, -0.05) is 12.1 Å². The number of hydrogen-bond donors (Lipinski definition) is 2. The minimum absolute atomic E-state index is 0.0806. The Labute approximate surface area is 141 Å². The summed E-state index contributed by atoms with van der Waals surface area (Å²) >= 11 is 0. The van der Waals surface area contributed by atoms with Crippen molar-refractivity contribution in [1.29, 1.82) is 0 Å². The molecule has 7 heteroatoms. The fourth-order valence-electron chi connectivity index (χ4n) is 3.46. The van der Waals surface area contributed by atoms with Gasteiger partial charge < -0.3 is 10.6 Å². The molecule has 1 aromatic carbocycles. The first-order valence-corrected chi connectivity index (χ1v) is 8.56. The smallest absolute Gasteiger partial charge is 0.315 e. The van der Waals surface area contributed by atoms with Crippen molar-refractivity contribution in [3.63, 3.8) is 0 Å². The highest BCUT2D eigenvalue weighted by Crippen LogP contribution is 2.33. The molecule has 0 aromatic heterocycles. The number of nitrogens with one attached hydrogen (secondary N) is 2. The van der Waals surface area contributed by atoms with Crippen molar-refractivity contribution in [3.05, 3.63) is 39.9 Å². The quantitative estimate of drug-likeness (QED) is 0.616. The molecule has 2 unspecified atom stereocenters. The number of hydrogen-bond acceptors (Lipinski definition) is 4. The molecule has 130 valence electrons. The average molecular weight is 332 g/mol. The lowest BCUT2D eigenvalue weighted by atomic mass is 10.1. The molecule has 2 fully saturated rings. The lowest BCUT2D eigenvalue weighted by Crippen LogP contribution is -2.44. The molecule has 2 aliphatic rings. The molecule has 24 heavy (non-hydrogen) atoms. The van der Waals surface area contributed by atoms with Gasteiger partial charge in [0.1, 0.15) is 0 Å². The molecule has 1 heterocycles. The summed E-state index contributed by atoms with van der Waals surface area (Å²) in [7, 11) is 0. The molecule has 0 bridgehead atoms. The monoisotopic (exact) mass is 332 g/mol. The summed E-state index contributed by atoms with van der Waals surface area (Å²) in [6.07, 6.45) is 4.14. The number of urea groups is 1. The molecule has 3 rings (SSSR count). The second kappa shape index (κ2) is 7.17. The summed E-state index contributed by atoms with van der Waals surface area (Å²) in [4.78, 5) is 24.9. The predicted octanol–water partition coefficient (Wildman–Crippen LogP) is 2.06. The van der Waals surface area contributed by atoms with Gasteiger partial charge >= 0.3 is 6.03 Å². The Morgan fingerprint density at radius 3 is 2.92 bits per heavy atom. The van der Waals surface area contributed by atoms with Crippen LogP contribution in [0.4, 0.5) is 10.5 Å². The van der Waals surface area contributed by atoms with Crippen molar-refractivity contribution in [1.82, 2.24) is 15.5 Å². The summed E-state index contributed by atoms with van der Waals surface area (Å²) in [5, 5.41) is 16.6. The van der Waals surface area contributed by atoms with Crippen LogP contribution in [0.3, 0.4) is 0 Å². The van der Waals surface area contributed by atoms with Crippen LogP contribution in [0.25, 0.3) is 0 Å². The molecule has 1 saturated carbocycles. The summed E-state index contributed by atoms with van der Waals surface area (Å²) in [6, 6.07) is 7.83. The van der Waals surface area contributed by atoms with E-state index in [0.29, 0.717) is 19.0 Å². The van der Waals surface area contributed by atoms with Gasteiger partial charge in [-0.3, -0.25) is 15.0 Å². The van der Waals surface area contributed by atoms with E-state index in [9.17, 15) is 14.9 Å². The number of non-ortho nitro benzene ring substituents is 1. The fourth-order valence-corrected chi connectivity index (χ4v) is 3.46. The number of benzene rings is 1. The maximum absolute atomic E-state index is 12.0. The summed E-state index contributed by atoms with van der Waals surface area (Å²) in [5.74, 6) is 0. The number of likely N-dealkylation sites (tertiary alicyclic amines) is 1. The minimum Gasteiger partial charge on any atom is -0.338 e. The summed E-state index contributed by atoms with van der Waals surface area (Å²) < 4.78 is 0. The fraction of sp³-hybridized carbons (Fsp3) is 0.588. The van der Waals surface area contributed by atoms with Gasteiger partial charge in [0.05, 0.1) is 4.92 Å². The molecule has 7 nitrogen and oxygen atoms in total. The molecular weight excluding hydrogens is 308 g/mol. The largest absolute Gasteiger partial charge is 0.338 e. The second-order valence-corrected chi connectivity index (χ2v) is 6.79. The Kier molecular flexibility index (Phi) is 4.99. The first-order chi connectivity index (χ1) is 11.5. The maximum Gasteiger partial charge on any atom is 0.315 e. The van der Waals surface area contributed by atoms with Crippen LogP contribution in [0.2, 0.25) is 0 Å². The van der Waals surface area contributed by atoms with Crippen LogP contribution in [-0.4, -0.2) is 47.1 Å². The van der Waals surface area contributed by atoms with E-state index in [-0.39, 0.29) is 17.8 Å². The van der Waals surface area contributed by atoms with Gasteiger partial charge in [0.25, 0.3) is 5.69 Å². The van der Waals surface area contributed by atoms with Gasteiger partial charge in [0.15, 0.2) is 0 Å². The maximum atomic E-state index is 12.0. The Morgan fingerprint density at radius 2 is 2.21 bits per heavy atom. The van der Waals surface area contributed by atoms with Crippen molar-refractivity contribution >= 4 is 11.7 Å². The van der Waals surface area contributed by atoms with Crippen LogP contribution >= 0.6 is 0 Å². The second-order valence-electron chi connectivity index (χ2n) is 6.79. The van der Waals surface area contributed by atoms with Crippen molar-refractivity contribution in [3.8, 4) is 0 Å². The van der Waals surface area contributed by atoms with Crippen molar-refractivity contribution in [2.75, 3.05) is 13.1 Å². The van der Waals surface area contributed by atoms with Gasteiger partial charge in [-0.15, -0.1) is 0 Å². The minimum atomic E-state index is -0.406. The Balaban J connectivity index is 1.40. The average Bonchev–Trinajstić information content (AvgIpc) is 3.31. The molecule has 1 aliphatic carbocycles. The van der Waals surface area contributed by atoms with Gasteiger partial charge in [0.2, 0.25) is 0 Å². The number of rotatable bonds is 6. The van der Waals surface area contributed by atoms with Crippen molar-refractivity contribution < 1.29 is 9.72 Å². The van der Waals surface area contributed by atoms with E-state index in [1.165, 1.54) is 18.9 Å². The van der Waals surface area contributed by atoms with Crippen LogP contribution in [-0.2, 0) is 6.42 Å². The van der Waals surface area contributed by atoms with Gasteiger partial charge in [0, 0.05) is 43.3 Å². The van der Waals surface area contributed by atoms with E-state index >= 15 is 0 Å².